The second kappa shape index (κ2) is 8.73. The molecule has 22 heavy (non-hydrogen) atoms. The molecule has 114 valence electrons. The number of nitrogens with zero attached hydrogens (tertiary/aromatic N) is 3. The molecule has 0 aliphatic carbocycles. The third-order valence-corrected chi connectivity index (χ3v) is 5.17. The summed E-state index contributed by atoms with van der Waals surface area (Å²) >= 11 is 4.00. The van der Waals surface area contributed by atoms with Crippen LogP contribution in [0.5, 0.6) is 0 Å². The molecule has 0 aliphatic heterocycles. The van der Waals surface area contributed by atoms with Gasteiger partial charge in [-0.05, 0) is 17.7 Å². The first-order valence-electron chi connectivity index (χ1n) is 6.12. The number of anilines is 1. The molecule has 0 saturated heterocycles. The predicted octanol–water partition coefficient (Wildman–Crippen LogP) is 3.16. The van der Waals surface area contributed by atoms with Crippen molar-refractivity contribution in [3.8, 4) is 6.07 Å². The molecule has 9 heteroatoms. The van der Waals surface area contributed by atoms with Crippen molar-refractivity contribution in [1.29, 1.82) is 5.26 Å². The van der Waals surface area contributed by atoms with E-state index in [2.05, 4.69) is 15.5 Å². The van der Waals surface area contributed by atoms with Gasteiger partial charge in [0.15, 0.2) is 4.34 Å². The fourth-order valence-corrected chi connectivity index (χ4v) is 3.56. The Morgan fingerprint density at radius 3 is 2.86 bits per heavy atom. The van der Waals surface area contributed by atoms with E-state index >= 15 is 0 Å². The van der Waals surface area contributed by atoms with Crippen LogP contribution < -0.4 is 5.32 Å². The molecule has 0 atom stereocenters. The lowest BCUT2D eigenvalue weighted by atomic mass is 10.2. The van der Waals surface area contributed by atoms with Gasteiger partial charge in [-0.3, -0.25) is 10.1 Å². The summed E-state index contributed by atoms with van der Waals surface area (Å²) in [6, 6.07) is 8.23. The fourth-order valence-electron chi connectivity index (χ4n) is 1.39. The maximum Gasteiger partial charge on any atom is 0.236 e. The van der Waals surface area contributed by atoms with E-state index in [0.717, 1.165) is 9.90 Å². The van der Waals surface area contributed by atoms with Gasteiger partial charge in [-0.1, -0.05) is 35.2 Å². The lowest BCUT2D eigenvalue weighted by Gasteiger charge is -1.98. The van der Waals surface area contributed by atoms with Crippen molar-refractivity contribution in [2.75, 3.05) is 16.8 Å². The highest BCUT2D eigenvalue weighted by Gasteiger charge is 2.09. The maximum atomic E-state index is 12.8. The van der Waals surface area contributed by atoms with Crippen molar-refractivity contribution in [1.82, 2.24) is 10.2 Å². The van der Waals surface area contributed by atoms with Gasteiger partial charge >= 0.3 is 0 Å². The van der Waals surface area contributed by atoms with Crippen LogP contribution in [0.3, 0.4) is 0 Å². The Morgan fingerprint density at radius 2 is 2.14 bits per heavy atom. The third-order valence-electron chi connectivity index (χ3n) is 2.33. The van der Waals surface area contributed by atoms with Crippen molar-refractivity contribution in [3.63, 3.8) is 0 Å². The Morgan fingerprint density at radius 1 is 1.36 bits per heavy atom. The Balaban J connectivity index is 1.80. The van der Waals surface area contributed by atoms with E-state index in [4.69, 9.17) is 5.26 Å². The molecule has 0 unspecified atom stereocenters. The van der Waals surface area contributed by atoms with Gasteiger partial charge in [0.25, 0.3) is 0 Å². The number of hydrogen-bond acceptors (Lipinski definition) is 7. The summed E-state index contributed by atoms with van der Waals surface area (Å²) in [5.41, 5.74) is 0.986. The van der Waals surface area contributed by atoms with Crippen LogP contribution in [0.1, 0.15) is 5.56 Å². The summed E-state index contributed by atoms with van der Waals surface area (Å²) < 4.78 is 13.5. The standard InChI is InChI=1S/C13H11FN4OS3/c14-10-3-1-9(2-4-10)7-21-13-18-17-12(22-13)16-11(19)8-20-6-5-15/h1-4H,6-8H2,(H,16,17,19). The number of halogens is 1. The van der Waals surface area contributed by atoms with Crippen molar-refractivity contribution in [2.45, 2.75) is 10.1 Å². The number of nitrogens with one attached hydrogen (secondary N) is 1. The minimum absolute atomic E-state index is 0.202. The Hall–Kier alpha value is -1.63. The van der Waals surface area contributed by atoms with Crippen molar-refractivity contribution in [3.05, 3.63) is 35.6 Å². The first kappa shape index (κ1) is 16.7. The average Bonchev–Trinajstić information content (AvgIpc) is 2.94. The van der Waals surface area contributed by atoms with Gasteiger partial charge in [0.05, 0.1) is 17.6 Å². The molecule has 1 aromatic carbocycles. The quantitative estimate of drug-likeness (QED) is 0.467. The lowest BCUT2D eigenvalue weighted by molar-refractivity contribution is -0.113. The summed E-state index contributed by atoms with van der Waals surface area (Å²) in [7, 11) is 0. The molecule has 1 N–H and O–H groups in total. The molecule has 5 nitrogen and oxygen atoms in total. The van der Waals surface area contributed by atoms with Gasteiger partial charge in [0, 0.05) is 5.75 Å². The van der Waals surface area contributed by atoms with E-state index in [1.54, 1.807) is 12.1 Å². The number of aromatic nitrogens is 2. The van der Waals surface area contributed by atoms with Crippen molar-refractivity contribution < 1.29 is 9.18 Å². The first-order valence-corrected chi connectivity index (χ1v) is 9.08. The molecular weight excluding hydrogens is 343 g/mol. The van der Waals surface area contributed by atoms with E-state index in [1.807, 2.05) is 6.07 Å². The molecule has 0 bridgehead atoms. The second-order valence-corrected chi connectivity index (χ2v) is 7.17. The largest absolute Gasteiger partial charge is 0.300 e. The normalized spacial score (nSPS) is 10.2. The summed E-state index contributed by atoms with van der Waals surface area (Å²) in [4.78, 5) is 11.6. The van der Waals surface area contributed by atoms with Gasteiger partial charge in [0.1, 0.15) is 5.82 Å². The van der Waals surface area contributed by atoms with Gasteiger partial charge in [-0.25, -0.2) is 4.39 Å². The average molecular weight is 354 g/mol. The second-order valence-electron chi connectivity index (χ2n) is 3.99. The number of carbonyl (C=O) groups is 1. The SMILES string of the molecule is N#CCSCC(=O)Nc1nnc(SCc2ccc(F)cc2)s1. The Labute approximate surface area is 139 Å². The number of hydrogen-bond donors (Lipinski definition) is 1. The van der Waals surface area contributed by atoms with Crippen LogP contribution in [0.25, 0.3) is 0 Å². The van der Waals surface area contributed by atoms with E-state index in [9.17, 15) is 9.18 Å². The number of rotatable bonds is 7. The van der Waals surface area contributed by atoms with Crippen LogP contribution in [-0.4, -0.2) is 27.6 Å². The zero-order valence-corrected chi connectivity index (χ0v) is 13.7. The summed E-state index contributed by atoms with van der Waals surface area (Å²) in [6.07, 6.45) is 0. The van der Waals surface area contributed by atoms with Crippen LogP contribution in [0.15, 0.2) is 28.6 Å². The minimum Gasteiger partial charge on any atom is -0.300 e. The number of amides is 1. The molecule has 1 aromatic heterocycles. The topological polar surface area (TPSA) is 78.7 Å². The number of benzene rings is 1. The minimum atomic E-state index is -0.260. The highest BCUT2D eigenvalue weighted by molar-refractivity contribution is 8.00. The lowest BCUT2D eigenvalue weighted by Crippen LogP contribution is -2.14. The van der Waals surface area contributed by atoms with Gasteiger partial charge in [-0.15, -0.1) is 22.0 Å². The summed E-state index contributed by atoms with van der Waals surface area (Å²) in [5.74, 6) is 0.685. The fraction of sp³-hybridized carbons (Fsp3) is 0.231. The van der Waals surface area contributed by atoms with E-state index in [0.29, 0.717) is 10.9 Å². The monoisotopic (exact) mass is 354 g/mol. The molecule has 0 spiro atoms. The number of thioether (sulfide) groups is 2. The summed E-state index contributed by atoms with van der Waals surface area (Å²) in [5, 5.41) is 19.3. The predicted molar refractivity (Wildman–Crippen MR) is 87.4 cm³/mol. The first-order chi connectivity index (χ1) is 10.7. The van der Waals surface area contributed by atoms with Gasteiger partial charge in [0.2, 0.25) is 11.0 Å². The summed E-state index contributed by atoms with van der Waals surface area (Å²) in [6.45, 7) is 0. The van der Waals surface area contributed by atoms with Crippen molar-refractivity contribution >= 4 is 45.9 Å². The van der Waals surface area contributed by atoms with Crippen LogP contribution in [0.4, 0.5) is 9.52 Å². The van der Waals surface area contributed by atoms with Crippen LogP contribution in [0.2, 0.25) is 0 Å². The third kappa shape index (κ3) is 5.63. The smallest absolute Gasteiger partial charge is 0.236 e. The van der Waals surface area contributed by atoms with E-state index in [1.165, 1.54) is 47.0 Å². The molecule has 2 rings (SSSR count). The Bertz CT molecular complexity index is 669. The number of carbonyl (C=O) groups excluding carboxylic acids is 1. The van der Waals surface area contributed by atoms with E-state index < -0.39 is 0 Å². The molecule has 0 saturated carbocycles. The molecule has 0 aliphatic rings. The highest BCUT2D eigenvalue weighted by atomic mass is 32.2. The maximum absolute atomic E-state index is 12.8. The number of nitriles is 1. The van der Waals surface area contributed by atoms with Crippen LogP contribution >= 0.6 is 34.9 Å². The Kier molecular flexibility index (Phi) is 6.64. The zero-order valence-electron chi connectivity index (χ0n) is 11.3. The van der Waals surface area contributed by atoms with Crippen molar-refractivity contribution in [2.24, 2.45) is 0 Å². The molecule has 1 heterocycles. The van der Waals surface area contributed by atoms with Crippen LogP contribution in [-0.2, 0) is 10.5 Å². The van der Waals surface area contributed by atoms with Gasteiger partial charge < -0.3 is 0 Å². The molecule has 0 radical (unpaired) electrons. The molecular formula is C13H11FN4OS3. The highest BCUT2D eigenvalue weighted by Crippen LogP contribution is 2.28. The molecule has 2 aromatic rings. The molecule has 0 fully saturated rings. The van der Waals surface area contributed by atoms with Gasteiger partial charge in [-0.2, -0.15) is 5.26 Å². The molecule has 1 amide bonds. The van der Waals surface area contributed by atoms with Crippen LogP contribution in [0, 0.1) is 17.1 Å². The zero-order chi connectivity index (χ0) is 15.8. The van der Waals surface area contributed by atoms with E-state index in [-0.39, 0.29) is 23.2 Å².